The van der Waals surface area contributed by atoms with Gasteiger partial charge in [0.2, 0.25) is 5.91 Å². The molecule has 0 spiro atoms. The monoisotopic (exact) mass is 270 g/mol. The molecular weight excluding hydrogens is 240 g/mol. The number of likely N-dealkylation sites (tertiary alicyclic amines) is 1. The fraction of sp³-hybridized carbons (Fsp3) is 0.929. The number of carbonyl (C=O) groups is 1. The van der Waals surface area contributed by atoms with Crippen molar-refractivity contribution in [2.45, 2.75) is 44.7 Å². The van der Waals surface area contributed by atoms with E-state index in [-0.39, 0.29) is 5.91 Å². The van der Waals surface area contributed by atoms with Gasteiger partial charge in [0.05, 0.1) is 5.54 Å². The predicted molar refractivity (Wildman–Crippen MR) is 79.0 cm³/mol. The molecule has 1 aliphatic heterocycles. The van der Waals surface area contributed by atoms with Crippen LogP contribution in [-0.4, -0.2) is 67.6 Å². The average molecular weight is 270 g/mol. The number of carbonyl (C=O) groups excluding carboxylic acids is 1. The summed E-state index contributed by atoms with van der Waals surface area (Å²) in [5, 5.41) is 3.04. The molecule has 0 aromatic carbocycles. The molecule has 19 heavy (non-hydrogen) atoms. The van der Waals surface area contributed by atoms with Crippen LogP contribution in [0.1, 0.15) is 33.1 Å². The van der Waals surface area contributed by atoms with Crippen molar-refractivity contribution >= 4 is 5.91 Å². The van der Waals surface area contributed by atoms with Gasteiger partial charge in [-0.25, -0.2) is 0 Å². The first kappa shape index (κ1) is 16.4. The minimum Gasteiger partial charge on any atom is -0.368 e. The molecule has 1 unspecified atom stereocenters. The first-order chi connectivity index (χ1) is 8.92. The molecule has 1 saturated heterocycles. The fourth-order valence-corrected chi connectivity index (χ4v) is 2.63. The van der Waals surface area contributed by atoms with E-state index in [0.29, 0.717) is 6.04 Å². The van der Waals surface area contributed by atoms with Gasteiger partial charge in [0.1, 0.15) is 0 Å². The number of hydrogen-bond acceptors (Lipinski definition) is 4. The van der Waals surface area contributed by atoms with E-state index in [9.17, 15) is 4.79 Å². The van der Waals surface area contributed by atoms with Crippen LogP contribution in [0.5, 0.6) is 0 Å². The number of likely N-dealkylation sites (N-methyl/N-ethyl adjacent to an activating group) is 1. The van der Waals surface area contributed by atoms with Crippen LogP contribution in [0.3, 0.4) is 0 Å². The summed E-state index contributed by atoms with van der Waals surface area (Å²) in [6.45, 7) is 8.51. The zero-order valence-electron chi connectivity index (χ0n) is 12.9. The van der Waals surface area contributed by atoms with E-state index in [0.717, 1.165) is 19.5 Å². The molecule has 1 heterocycles. The number of rotatable bonds is 7. The molecule has 1 atom stereocenters. The maximum atomic E-state index is 11.5. The highest BCUT2D eigenvalue weighted by atomic mass is 16.1. The van der Waals surface area contributed by atoms with E-state index in [1.54, 1.807) is 7.05 Å². The Balaban J connectivity index is 2.39. The average Bonchev–Trinajstić information content (AvgIpc) is 2.44. The van der Waals surface area contributed by atoms with Crippen LogP contribution in [0.25, 0.3) is 0 Å². The fourth-order valence-electron chi connectivity index (χ4n) is 2.63. The van der Waals surface area contributed by atoms with Crippen LogP contribution in [0.2, 0.25) is 0 Å². The zero-order chi connectivity index (χ0) is 14.5. The van der Waals surface area contributed by atoms with Gasteiger partial charge in [-0.2, -0.15) is 0 Å². The highest BCUT2D eigenvalue weighted by Gasteiger charge is 2.30. The van der Waals surface area contributed by atoms with Gasteiger partial charge in [0, 0.05) is 12.6 Å². The van der Waals surface area contributed by atoms with Crippen LogP contribution >= 0.6 is 0 Å². The number of primary amides is 1. The first-order valence-corrected chi connectivity index (χ1v) is 7.34. The normalized spacial score (nSPS) is 21.5. The summed E-state index contributed by atoms with van der Waals surface area (Å²) >= 11 is 0. The van der Waals surface area contributed by atoms with Crippen LogP contribution in [0, 0.1) is 0 Å². The first-order valence-electron chi connectivity index (χ1n) is 7.34. The number of nitrogens with one attached hydrogen (secondary N) is 1. The number of hydrogen-bond donors (Lipinski definition) is 2. The molecule has 0 bridgehead atoms. The Bertz CT molecular complexity index is 289. The molecular formula is C14H30N4O. The summed E-state index contributed by atoms with van der Waals surface area (Å²) in [6, 6.07) is 0.636. The van der Waals surface area contributed by atoms with Crippen molar-refractivity contribution in [1.29, 1.82) is 0 Å². The summed E-state index contributed by atoms with van der Waals surface area (Å²) in [6.07, 6.45) is 3.19. The Morgan fingerprint density at radius 2 is 2.05 bits per heavy atom. The molecule has 0 radical (unpaired) electrons. The van der Waals surface area contributed by atoms with E-state index in [4.69, 9.17) is 5.73 Å². The zero-order valence-corrected chi connectivity index (χ0v) is 12.9. The molecule has 1 rings (SSSR count). The molecule has 0 saturated carbocycles. The van der Waals surface area contributed by atoms with Crippen LogP contribution in [0.4, 0.5) is 0 Å². The van der Waals surface area contributed by atoms with Crippen molar-refractivity contribution in [2.24, 2.45) is 5.73 Å². The van der Waals surface area contributed by atoms with E-state index >= 15 is 0 Å². The number of nitrogens with two attached hydrogens (primary N) is 1. The van der Waals surface area contributed by atoms with Crippen molar-refractivity contribution in [3.8, 4) is 0 Å². The Morgan fingerprint density at radius 3 is 2.47 bits per heavy atom. The van der Waals surface area contributed by atoms with Gasteiger partial charge in [-0.15, -0.1) is 0 Å². The van der Waals surface area contributed by atoms with Crippen molar-refractivity contribution in [1.82, 2.24) is 15.1 Å². The third-order valence-corrected chi connectivity index (χ3v) is 4.69. The molecule has 1 fully saturated rings. The van der Waals surface area contributed by atoms with E-state index in [1.165, 1.54) is 25.9 Å². The third-order valence-electron chi connectivity index (χ3n) is 4.69. The van der Waals surface area contributed by atoms with Gasteiger partial charge in [-0.1, -0.05) is 6.92 Å². The number of amides is 1. The van der Waals surface area contributed by atoms with Crippen LogP contribution in [0.15, 0.2) is 0 Å². The van der Waals surface area contributed by atoms with E-state index in [2.05, 4.69) is 29.1 Å². The smallest absolute Gasteiger partial charge is 0.237 e. The van der Waals surface area contributed by atoms with Crippen molar-refractivity contribution in [2.75, 3.05) is 40.3 Å². The minimum absolute atomic E-state index is 0.274. The SMILES string of the molecule is CCN1CCC(N(C)CCC(C)(NC)C(N)=O)CC1. The Kier molecular flexibility index (Phi) is 6.23. The molecule has 5 heteroatoms. The summed E-state index contributed by atoms with van der Waals surface area (Å²) in [4.78, 5) is 16.3. The lowest BCUT2D eigenvalue weighted by atomic mass is 9.96. The Labute approximate surface area is 117 Å². The molecule has 5 nitrogen and oxygen atoms in total. The van der Waals surface area contributed by atoms with Gasteiger partial charge in [-0.05, 0) is 59.9 Å². The van der Waals surface area contributed by atoms with Gasteiger partial charge in [0.15, 0.2) is 0 Å². The number of nitrogens with zero attached hydrogens (tertiary/aromatic N) is 2. The maximum Gasteiger partial charge on any atom is 0.237 e. The summed E-state index contributed by atoms with van der Waals surface area (Å²) in [7, 11) is 3.95. The second-order valence-electron chi connectivity index (χ2n) is 5.84. The predicted octanol–water partition coefficient (Wildman–Crippen LogP) is 0.256. The van der Waals surface area contributed by atoms with Gasteiger partial charge in [0.25, 0.3) is 0 Å². The van der Waals surface area contributed by atoms with Gasteiger partial charge >= 0.3 is 0 Å². The molecule has 1 aliphatic rings. The topological polar surface area (TPSA) is 61.6 Å². The van der Waals surface area contributed by atoms with Crippen molar-refractivity contribution < 1.29 is 4.79 Å². The largest absolute Gasteiger partial charge is 0.368 e. The highest BCUT2D eigenvalue weighted by molar-refractivity contribution is 5.84. The quantitative estimate of drug-likeness (QED) is 0.696. The molecule has 0 aliphatic carbocycles. The summed E-state index contributed by atoms with van der Waals surface area (Å²) in [5.74, 6) is -0.274. The molecule has 112 valence electrons. The standard InChI is InChI=1S/C14H30N4O/c1-5-18-9-6-12(7-10-18)17(4)11-8-14(2,16-3)13(15)19/h12,16H,5-11H2,1-4H3,(H2,15,19). The van der Waals surface area contributed by atoms with E-state index in [1.807, 2.05) is 6.92 Å². The summed E-state index contributed by atoms with van der Waals surface area (Å²) in [5.41, 5.74) is 4.86. The van der Waals surface area contributed by atoms with Crippen molar-refractivity contribution in [3.63, 3.8) is 0 Å². The van der Waals surface area contributed by atoms with Crippen LogP contribution in [-0.2, 0) is 4.79 Å². The number of piperidine rings is 1. The van der Waals surface area contributed by atoms with Crippen molar-refractivity contribution in [3.05, 3.63) is 0 Å². The van der Waals surface area contributed by atoms with Gasteiger partial charge in [-0.3, -0.25) is 4.79 Å². The second-order valence-corrected chi connectivity index (χ2v) is 5.84. The second kappa shape index (κ2) is 7.22. The lowest BCUT2D eigenvalue weighted by Gasteiger charge is -2.37. The van der Waals surface area contributed by atoms with Crippen LogP contribution < -0.4 is 11.1 Å². The van der Waals surface area contributed by atoms with E-state index < -0.39 is 5.54 Å². The molecule has 0 aromatic rings. The third kappa shape index (κ3) is 4.44. The van der Waals surface area contributed by atoms with Gasteiger partial charge < -0.3 is 20.9 Å². The molecule has 1 amide bonds. The maximum absolute atomic E-state index is 11.5. The summed E-state index contributed by atoms with van der Waals surface area (Å²) < 4.78 is 0. The Hall–Kier alpha value is -0.650. The lowest BCUT2D eigenvalue weighted by molar-refractivity contribution is -0.124. The lowest BCUT2D eigenvalue weighted by Crippen LogP contribution is -2.53. The molecule has 0 aromatic heterocycles. The highest BCUT2D eigenvalue weighted by Crippen LogP contribution is 2.17. The minimum atomic E-state index is -0.599. The molecule has 3 N–H and O–H groups in total. The Morgan fingerprint density at radius 1 is 1.47 bits per heavy atom.